The molecule has 1 spiro atoms. The highest BCUT2D eigenvalue weighted by atomic mass is 16.2. The van der Waals surface area contributed by atoms with E-state index < -0.39 is 11.9 Å². The van der Waals surface area contributed by atoms with Crippen molar-refractivity contribution in [1.29, 1.82) is 0 Å². The number of hydrogen-bond donors (Lipinski definition) is 2. The Morgan fingerprint density at radius 1 is 0.952 bits per heavy atom. The summed E-state index contributed by atoms with van der Waals surface area (Å²) < 4.78 is 6.69. The van der Waals surface area contributed by atoms with Crippen molar-refractivity contribution in [1.82, 2.24) is 53.6 Å². The number of nitrogens with one attached hydrogen (secondary N) is 2. The Bertz CT molecular complexity index is 2790. The number of benzene rings is 1. The van der Waals surface area contributed by atoms with Gasteiger partial charge in [-0.15, -0.1) is 0 Å². The van der Waals surface area contributed by atoms with Crippen molar-refractivity contribution in [3.63, 3.8) is 0 Å². The quantitative estimate of drug-likeness (QED) is 0.186. The second-order valence-corrected chi connectivity index (χ2v) is 18.1. The number of pyridine rings is 1. The first-order valence-electron chi connectivity index (χ1n) is 22.2. The van der Waals surface area contributed by atoms with Gasteiger partial charge in [0.05, 0.1) is 34.7 Å². The van der Waals surface area contributed by atoms with E-state index in [1.807, 2.05) is 42.1 Å². The molecular weight excluding hydrogens is 801 g/mol. The lowest BCUT2D eigenvalue weighted by Gasteiger charge is -2.54. The zero-order valence-corrected chi connectivity index (χ0v) is 35.7. The lowest BCUT2D eigenvalue weighted by Crippen LogP contribution is -2.61. The Morgan fingerprint density at radius 2 is 1.76 bits per heavy atom. The van der Waals surface area contributed by atoms with Crippen LogP contribution in [-0.4, -0.2) is 105 Å². The number of aryl methyl sites for hydroxylation is 3. The van der Waals surface area contributed by atoms with Gasteiger partial charge in [0.15, 0.2) is 5.65 Å². The van der Waals surface area contributed by atoms with Gasteiger partial charge in [-0.05, 0) is 106 Å². The number of piperidine rings is 2. The number of nitrogens with zero attached hydrogens (tertiary/aromatic N) is 10. The molecule has 4 fully saturated rings. The molecule has 3 aliphatic heterocycles. The number of hydrogen-bond acceptors (Lipinski definition) is 10. The highest BCUT2D eigenvalue weighted by molar-refractivity contribution is 6.09. The SMILES string of the molecule is Cc1ccc(-c2nn([C@H]3CC[C@H](C(=O)N4CCC5(CC4)CN(CCCc4cccc6c4n(C)c(=O)n6C4CCC(=O)NC4=O)C5)CC3)cc2NC(=O)c2cnn3cccnc23)nc1. The topological polar surface area (TPSA) is 187 Å². The highest BCUT2D eigenvalue weighted by Gasteiger charge is 2.46. The summed E-state index contributed by atoms with van der Waals surface area (Å²) in [7, 11) is 1.75. The maximum absolute atomic E-state index is 13.9. The Morgan fingerprint density at radius 3 is 2.52 bits per heavy atom. The molecule has 10 rings (SSSR count). The molecule has 326 valence electrons. The molecule has 1 atom stereocenters. The number of imidazole rings is 1. The minimum atomic E-state index is -0.695. The minimum Gasteiger partial charge on any atom is -0.342 e. The molecule has 1 saturated carbocycles. The van der Waals surface area contributed by atoms with Crippen molar-refractivity contribution in [3.05, 3.63) is 94.6 Å². The third-order valence-corrected chi connectivity index (χ3v) is 14.0. The van der Waals surface area contributed by atoms with Gasteiger partial charge in [-0.2, -0.15) is 10.2 Å². The summed E-state index contributed by atoms with van der Waals surface area (Å²) in [5.74, 6) is -0.785. The molecule has 5 aromatic heterocycles. The van der Waals surface area contributed by atoms with E-state index in [4.69, 9.17) is 5.10 Å². The van der Waals surface area contributed by atoms with Gasteiger partial charge in [0.1, 0.15) is 17.3 Å². The van der Waals surface area contributed by atoms with Gasteiger partial charge in [0.2, 0.25) is 17.7 Å². The third kappa shape index (κ3) is 7.61. The number of para-hydroxylation sites is 1. The average Bonchev–Trinajstić information content (AvgIpc) is 3.98. The average molecular weight is 853 g/mol. The number of carbonyl (C=O) groups is 4. The second-order valence-electron chi connectivity index (χ2n) is 18.1. The van der Waals surface area contributed by atoms with E-state index in [0.29, 0.717) is 34.7 Å². The molecule has 4 aliphatic rings. The molecule has 2 N–H and O–H groups in total. The number of anilines is 1. The van der Waals surface area contributed by atoms with Crippen LogP contribution in [0.4, 0.5) is 5.69 Å². The van der Waals surface area contributed by atoms with Crippen LogP contribution < -0.4 is 16.3 Å². The molecule has 1 unspecified atom stereocenters. The van der Waals surface area contributed by atoms with Crippen LogP contribution in [0.25, 0.3) is 28.1 Å². The normalized spacial score (nSPS) is 21.5. The van der Waals surface area contributed by atoms with E-state index >= 15 is 0 Å². The maximum Gasteiger partial charge on any atom is 0.329 e. The first kappa shape index (κ1) is 40.6. The van der Waals surface area contributed by atoms with Crippen molar-refractivity contribution in [2.75, 3.05) is 38.0 Å². The van der Waals surface area contributed by atoms with Gasteiger partial charge in [-0.3, -0.25) is 43.3 Å². The molecule has 17 heteroatoms. The standard InChI is InChI=1S/C46H52N12O5/c1-29-9-14-34(48-24-29)39-35(50-42(60)33-25-49-56-21-5-19-47-41(33)56)26-57(52-39)32-12-10-31(11-13-32)44(62)55-22-17-46(18-23-55)27-54(28-46)20-4-7-30-6-3-8-36-40(30)53(2)45(63)58(36)37-15-16-38(59)51-43(37)61/h3,5-6,8-9,14,19,21,24-26,31-32,37H,4,7,10-13,15-18,20,22-23,27-28H2,1-2H3,(H,50,60)(H,51,59,61)/t31-,32-,37?. The molecule has 8 heterocycles. The fraction of sp³-hybridized carbons (Fsp3) is 0.457. The predicted molar refractivity (Wildman–Crippen MR) is 234 cm³/mol. The molecule has 17 nitrogen and oxygen atoms in total. The molecule has 1 aromatic carbocycles. The van der Waals surface area contributed by atoms with Crippen LogP contribution in [-0.2, 0) is 27.9 Å². The molecule has 1 aliphatic carbocycles. The number of likely N-dealkylation sites (tertiary alicyclic amines) is 2. The van der Waals surface area contributed by atoms with Crippen LogP contribution in [0, 0.1) is 18.3 Å². The minimum absolute atomic E-state index is 0.00541. The number of aromatic nitrogens is 8. The molecule has 0 bridgehead atoms. The summed E-state index contributed by atoms with van der Waals surface area (Å²) in [5.41, 5.74) is 6.34. The van der Waals surface area contributed by atoms with Crippen LogP contribution in [0.1, 0.15) is 91.4 Å². The van der Waals surface area contributed by atoms with Crippen molar-refractivity contribution in [2.45, 2.75) is 83.2 Å². The van der Waals surface area contributed by atoms with Gasteiger partial charge in [0.25, 0.3) is 5.91 Å². The number of imide groups is 1. The van der Waals surface area contributed by atoms with Gasteiger partial charge >= 0.3 is 5.69 Å². The van der Waals surface area contributed by atoms with Gasteiger partial charge in [-0.25, -0.2) is 14.3 Å². The van der Waals surface area contributed by atoms with E-state index in [9.17, 15) is 24.0 Å². The van der Waals surface area contributed by atoms with E-state index in [0.717, 1.165) is 106 Å². The summed E-state index contributed by atoms with van der Waals surface area (Å²) in [5, 5.41) is 14.7. The van der Waals surface area contributed by atoms with E-state index in [2.05, 4.69) is 41.6 Å². The summed E-state index contributed by atoms with van der Waals surface area (Å²) in [4.78, 5) is 78.8. The van der Waals surface area contributed by atoms with Crippen molar-refractivity contribution in [2.24, 2.45) is 18.4 Å². The summed E-state index contributed by atoms with van der Waals surface area (Å²) >= 11 is 0. The van der Waals surface area contributed by atoms with Crippen LogP contribution in [0.2, 0.25) is 0 Å². The van der Waals surface area contributed by atoms with Crippen LogP contribution >= 0.6 is 0 Å². The number of rotatable bonds is 10. The second kappa shape index (κ2) is 16.3. The summed E-state index contributed by atoms with van der Waals surface area (Å²) in [6.45, 7) is 6.61. The molecule has 3 saturated heterocycles. The van der Waals surface area contributed by atoms with Gasteiger partial charge in [0, 0.05) is 70.4 Å². The number of amides is 4. The van der Waals surface area contributed by atoms with Gasteiger partial charge < -0.3 is 15.1 Å². The predicted octanol–water partition coefficient (Wildman–Crippen LogP) is 4.47. The Balaban J connectivity index is 0.713. The Labute approximate surface area is 363 Å². The van der Waals surface area contributed by atoms with Crippen molar-refractivity contribution < 1.29 is 19.2 Å². The van der Waals surface area contributed by atoms with Crippen LogP contribution in [0.5, 0.6) is 0 Å². The van der Waals surface area contributed by atoms with E-state index in [1.165, 1.54) is 6.20 Å². The molecule has 4 amide bonds. The maximum atomic E-state index is 13.9. The molecule has 6 aromatic rings. The summed E-state index contributed by atoms with van der Waals surface area (Å²) in [6.07, 6.45) is 16.1. The van der Waals surface area contributed by atoms with Crippen molar-refractivity contribution >= 4 is 46.0 Å². The zero-order valence-electron chi connectivity index (χ0n) is 35.7. The lowest BCUT2D eigenvalue weighted by molar-refractivity contribution is -0.142. The van der Waals surface area contributed by atoms with Crippen LogP contribution in [0.15, 0.2) is 72.2 Å². The van der Waals surface area contributed by atoms with Gasteiger partial charge in [-0.1, -0.05) is 18.2 Å². The third-order valence-electron chi connectivity index (χ3n) is 14.0. The fourth-order valence-corrected chi connectivity index (χ4v) is 10.5. The molecule has 63 heavy (non-hydrogen) atoms. The summed E-state index contributed by atoms with van der Waals surface area (Å²) in [6, 6.07) is 10.9. The molecule has 0 radical (unpaired) electrons. The number of carbonyl (C=O) groups excluding carboxylic acids is 4. The van der Waals surface area contributed by atoms with Crippen molar-refractivity contribution in [3.8, 4) is 11.4 Å². The Hall–Kier alpha value is -6.49. The highest BCUT2D eigenvalue weighted by Crippen LogP contribution is 2.42. The fourth-order valence-electron chi connectivity index (χ4n) is 10.5. The van der Waals surface area contributed by atoms with E-state index in [-0.39, 0.29) is 47.2 Å². The lowest BCUT2D eigenvalue weighted by atomic mass is 9.71. The zero-order chi connectivity index (χ0) is 43.4. The largest absolute Gasteiger partial charge is 0.342 e. The first-order chi connectivity index (χ1) is 30.5. The molecular formula is C46H52N12O5. The van der Waals surface area contributed by atoms with E-state index in [1.54, 1.807) is 45.4 Å². The number of fused-ring (bicyclic) bond motifs is 2. The Kier molecular flexibility index (Phi) is 10.5. The smallest absolute Gasteiger partial charge is 0.329 e. The van der Waals surface area contributed by atoms with Crippen LogP contribution in [0.3, 0.4) is 0 Å². The first-order valence-corrected chi connectivity index (χ1v) is 22.2. The monoisotopic (exact) mass is 852 g/mol.